The van der Waals surface area contributed by atoms with E-state index < -0.39 is 29.1 Å². The van der Waals surface area contributed by atoms with Crippen LogP contribution in [-0.4, -0.2) is 16.8 Å². The molecule has 1 fully saturated rings. The molecule has 1 atom stereocenters. The van der Waals surface area contributed by atoms with Crippen LogP contribution in [0.3, 0.4) is 0 Å². The number of carbonyl (C=O) groups is 2. The summed E-state index contributed by atoms with van der Waals surface area (Å²) in [6.45, 7) is 1.38. The summed E-state index contributed by atoms with van der Waals surface area (Å²) in [4.78, 5) is 25.8. The molecule has 2 aromatic rings. The number of amides is 3. The van der Waals surface area contributed by atoms with Gasteiger partial charge in [-0.25, -0.2) is 13.6 Å². The van der Waals surface area contributed by atoms with E-state index in [0.717, 1.165) is 4.90 Å². The number of hydrogen-bond acceptors (Lipinski definition) is 2. The monoisotopic (exact) mass is 316 g/mol. The van der Waals surface area contributed by atoms with Crippen LogP contribution in [0, 0.1) is 11.6 Å². The number of carbonyl (C=O) groups excluding carboxylic acids is 2. The van der Waals surface area contributed by atoms with Crippen molar-refractivity contribution in [1.29, 1.82) is 0 Å². The topological polar surface area (TPSA) is 49.4 Å². The molecule has 0 aromatic heterocycles. The molecule has 2 aromatic carbocycles. The van der Waals surface area contributed by atoms with Gasteiger partial charge in [0.1, 0.15) is 17.2 Å². The summed E-state index contributed by atoms with van der Waals surface area (Å²) in [7, 11) is 0. The van der Waals surface area contributed by atoms with Crippen molar-refractivity contribution < 1.29 is 18.4 Å². The third kappa shape index (κ3) is 2.56. The minimum atomic E-state index is -1.30. The van der Waals surface area contributed by atoms with Crippen LogP contribution < -0.4 is 5.32 Å². The molecule has 4 nitrogen and oxygen atoms in total. The molecule has 118 valence electrons. The summed E-state index contributed by atoms with van der Waals surface area (Å²) in [5.74, 6) is -1.42. The predicted molar refractivity (Wildman–Crippen MR) is 79.2 cm³/mol. The average molecular weight is 316 g/mol. The molecule has 0 spiro atoms. The molecule has 1 heterocycles. The van der Waals surface area contributed by atoms with E-state index in [9.17, 15) is 18.4 Å². The largest absolute Gasteiger partial charge is 0.325 e. The van der Waals surface area contributed by atoms with Crippen molar-refractivity contribution in [3.63, 3.8) is 0 Å². The lowest BCUT2D eigenvalue weighted by atomic mass is 9.92. The SMILES string of the molecule is CC1(c2ccc(F)cc2)NC(=O)N(Cc2ccccc2F)C1=O. The van der Waals surface area contributed by atoms with Crippen molar-refractivity contribution >= 4 is 11.9 Å². The Kier molecular flexibility index (Phi) is 3.60. The normalized spacial score (nSPS) is 20.7. The number of imide groups is 1. The number of halogens is 2. The van der Waals surface area contributed by atoms with E-state index in [-0.39, 0.29) is 12.1 Å². The summed E-state index contributed by atoms with van der Waals surface area (Å²) < 4.78 is 26.8. The summed E-state index contributed by atoms with van der Waals surface area (Å²) in [6, 6.07) is 10.7. The zero-order chi connectivity index (χ0) is 16.6. The summed E-state index contributed by atoms with van der Waals surface area (Å²) in [5.41, 5.74) is -0.580. The second kappa shape index (κ2) is 5.46. The highest BCUT2D eigenvalue weighted by Gasteiger charge is 2.48. The van der Waals surface area contributed by atoms with Crippen LogP contribution in [0.15, 0.2) is 48.5 Å². The Balaban J connectivity index is 1.90. The zero-order valence-electron chi connectivity index (χ0n) is 12.3. The first kappa shape index (κ1) is 15.1. The Bertz CT molecular complexity index is 776. The van der Waals surface area contributed by atoms with Crippen molar-refractivity contribution in [2.24, 2.45) is 0 Å². The first-order valence-corrected chi connectivity index (χ1v) is 7.05. The van der Waals surface area contributed by atoms with Gasteiger partial charge >= 0.3 is 6.03 Å². The first-order valence-electron chi connectivity index (χ1n) is 7.05. The fraction of sp³-hybridized carbons (Fsp3) is 0.176. The highest BCUT2D eigenvalue weighted by Crippen LogP contribution is 2.30. The molecule has 0 saturated carbocycles. The second-order valence-electron chi connectivity index (χ2n) is 5.54. The predicted octanol–water partition coefficient (Wildman–Crippen LogP) is 2.93. The van der Waals surface area contributed by atoms with Crippen molar-refractivity contribution in [3.8, 4) is 0 Å². The maximum Gasteiger partial charge on any atom is 0.325 e. The van der Waals surface area contributed by atoms with Gasteiger partial charge in [0.15, 0.2) is 0 Å². The Morgan fingerprint density at radius 2 is 1.70 bits per heavy atom. The number of nitrogens with one attached hydrogen (secondary N) is 1. The number of rotatable bonds is 3. The van der Waals surface area contributed by atoms with Gasteiger partial charge in [0.05, 0.1) is 6.54 Å². The van der Waals surface area contributed by atoms with E-state index in [0.29, 0.717) is 5.56 Å². The molecule has 0 bridgehead atoms. The van der Waals surface area contributed by atoms with Gasteiger partial charge in [-0.1, -0.05) is 30.3 Å². The quantitative estimate of drug-likeness (QED) is 0.885. The van der Waals surface area contributed by atoms with Crippen LogP contribution in [0.25, 0.3) is 0 Å². The lowest BCUT2D eigenvalue weighted by molar-refractivity contribution is -0.131. The van der Waals surface area contributed by atoms with Crippen LogP contribution in [-0.2, 0) is 16.9 Å². The summed E-state index contributed by atoms with van der Waals surface area (Å²) in [6.07, 6.45) is 0. The van der Waals surface area contributed by atoms with Crippen molar-refractivity contribution in [2.45, 2.75) is 19.0 Å². The minimum absolute atomic E-state index is 0.159. The Morgan fingerprint density at radius 1 is 1.04 bits per heavy atom. The van der Waals surface area contributed by atoms with Crippen LogP contribution in [0.1, 0.15) is 18.1 Å². The number of nitrogens with zero attached hydrogens (tertiary/aromatic N) is 1. The molecule has 1 aliphatic rings. The average Bonchev–Trinajstić information content (AvgIpc) is 2.74. The molecular weight excluding hydrogens is 302 g/mol. The van der Waals surface area contributed by atoms with E-state index >= 15 is 0 Å². The number of hydrogen-bond donors (Lipinski definition) is 1. The highest BCUT2D eigenvalue weighted by atomic mass is 19.1. The van der Waals surface area contributed by atoms with Gasteiger partial charge in [-0.2, -0.15) is 0 Å². The third-order valence-electron chi connectivity index (χ3n) is 3.98. The molecule has 0 aliphatic carbocycles. The second-order valence-corrected chi connectivity index (χ2v) is 5.54. The molecule has 6 heteroatoms. The van der Waals surface area contributed by atoms with Crippen molar-refractivity contribution in [3.05, 3.63) is 71.3 Å². The molecular formula is C17H14F2N2O2. The van der Waals surface area contributed by atoms with E-state index in [1.54, 1.807) is 13.0 Å². The van der Waals surface area contributed by atoms with Gasteiger partial charge in [0.2, 0.25) is 0 Å². The highest BCUT2D eigenvalue weighted by molar-refractivity contribution is 6.07. The minimum Gasteiger partial charge on any atom is -0.319 e. The fourth-order valence-corrected chi connectivity index (χ4v) is 2.62. The molecule has 0 radical (unpaired) electrons. The summed E-state index contributed by atoms with van der Waals surface area (Å²) in [5, 5.41) is 2.60. The van der Waals surface area contributed by atoms with E-state index in [1.807, 2.05) is 0 Å². The molecule has 1 unspecified atom stereocenters. The van der Waals surface area contributed by atoms with Crippen LogP contribution in [0.2, 0.25) is 0 Å². The van der Waals surface area contributed by atoms with Gasteiger partial charge in [-0.3, -0.25) is 9.69 Å². The molecule has 1 N–H and O–H groups in total. The molecule has 23 heavy (non-hydrogen) atoms. The van der Waals surface area contributed by atoms with Gasteiger partial charge in [-0.15, -0.1) is 0 Å². The van der Waals surface area contributed by atoms with Gasteiger partial charge in [0, 0.05) is 5.56 Å². The standard InChI is InChI=1S/C17H14F2N2O2/c1-17(12-6-8-13(18)9-7-12)15(22)21(16(23)20-17)10-11-4-2-3-5-14(11)19/h2-9H,10H2,1H3,(H,20,23). The first-order chi connectivity index (χ1) is 10.9. The Labute approximate surface area is 131 Å². The zero-order valence-corrected chi connectivity index (χ0v) is 12.3. The van der Waals surface area contributed by atoms with Crippen LogP contribution >= 0.6 is 0 Å². The molecule has 1 aliphatic heterocycles. The number of benzene rings is 2. The van der Waals surface area contributed by atoms with E-state index in [1.165, 1.54) is 42.5 Å². The maximum absolute atomic E-state index is 13.7. The molecule has 3 amide bonds. The van der Waals surface area contributed by atoms with Crippen molar-refractivity contribution in [1.82, 2.24) is 10.2 Å². The third-order valence-corrected chi connectivity index (χ3v) is 3.98. The lowest BCUT2D eigenvalue weighted by Gasteiger charge is -2.22. The number of urea groups is 1. The van der Waals surface area contributed by atoms with Crippen LogP contribution in [0.4, 0.5) is 13.6 Å². The van der Waals surface area contributed by atoms with Crippen molar-refractivity contribution in [2.75, 3.05) is 0 Å². The Morgan fingerprint density at radius 3 is 2.35 bits per heavy atom. The van der Waals surface area contributed by atoms with E-state index in [4.69, 9.17) is 0 Å². The Hall–Kier alpha value is -2.76. The smallest absolute Gasteiger partial charge is 0.319 e. The van der Waals surface area contributed by atoms with Gasteiger partial charge in [-0.05, 0) is 30.7 Å². The molecule has 1 saturated heterocycles. The van der Waals surface area contributed by atoms with E-state index in [2.05, 4.69) is 5.32 Å². The van der Waals surface area contributed by atoms with Crippen LogP contribution in [0.5, 0.6) is 0 Å². The van der Waals surface area contributed by atoms with Gasteiger partial charge < -0.3 is 5.32 Å². The van der Waals surface area contributed by atoms with Gasteiger partial charge in [0.25, 0.3) is 5.91 Å². The lowest BCUT2D eigenvalue weighted by Crippen LogP contribution is -2.40. The maximum atomic E-state index is 13.7. The fourth-order valence-electron chi connectivity index (χ4n) is 2.62. The molecule has 3 rings (SSSR count). The summed E-state index contributed by atoms with van der Waals surface area (Å²) >= 11 is 0.